The van der Waals surface area contributed by atoms with E-state index in [0.717, 1.165) is 23.3 Å². The maximum Gasteiger partial charge on any atom is 0.254 e. The van der Waals surface area contributed by atoms with Crippen LogP contribution < -0.4 is 0 Å². The molecule has 1 fully saturated rings. The predicted molar refractivity (Wildman–Crippen MR) is 115 cm³/mol. The first-order valence-electron chi connectivity index (χ1n) is 10.0. The fraction of sp³-hybridized carbons (Fsp3) is 0.250. The minimum atomic E-state index is -0.303. The van der Waals surface area contributed by atoms with Gasteiger partial charge in [0.05, 0.1) is 6.54 Å². The van der Waals surface area contributed by atoms with Gasteiger partial charge in [-0.1, -0.05) is 36.4 Å². The van der Waals surface area contributed by atoms with Gasteiger partial charge in [0.1, 0.15) is 12.4 Å². The Balaban J connectivity index is 1.52. The van der Waals surface area contributed by atoms with Gasteiger partial charge in [0.15, 0.2) is 0 Å². The van der Waals surface area contributed by atoms with Crippen molar-refractivity contribution in [2.24, 2.45) is 0 Å². The van der Waals surface area contributed by atoms with Crippen LogP contribution in [0.25, 0.3) is 0 Å². The molecule has 3 aromatic rings. The SMILES string of the molecule is O=C(CN(C(=O)c1ccccc1)C1CC1)N(Cc1ccc(F)cc1)Cc1cccs1. The Morgan fingerprint density at radius 1 is 0.933 bits per heavy atom. The molecule has 4 nitrogen and oxygen atoms in total. The molecular weight excluding hydrogens is 399 g/mol. The molecule has 2 aromatic carbocycles. The summed E-state index contributed by atoms with van der Waals surface area (Å²) in [5.74, 6) is -0.517. The summed E-state index contributed by atoms with van der Waals surface area (Å²) in [6, 6.07) is 19.3. The number of carbonyl (C=O) groups excluding carboxylic acids is 2. The Kier molecular flexibility index (Phi) is 6.23. The van der Waals surface area contributed by atoms with Crippen LogP contribution in [-0.4, -0.2) is 34.2 Å². The number of carbonyl (C=O) groups is 2. The standard InChI is InChI=1S/C24H23FN2O2S/c25-20-10-8-18(9-11-20)15-26(16-22-7-4-14-30-22)23(28)17-27(21-12-13-21)24(29)19-5-2-1-3-6-19/h1-11,14,21H,12-13,15-17H2. The van der Waals surface area contributed by atoms with Crippen LogP contribution in [0.3, 0.4) is 0 Å². The molecule has 6 heteroatoms. The zero-order valence-electron chi connectivity index (χ0n) is 16.5. The third kappa shape index (κ3) is 5.13. The maximum absolute atomic E-state index is 13.3. The average molecular weight is 423 g/mol. The molecule has 1 saturated carbocycles. The molecule has 1 aliphatic rings. The van der Waals surface area contributed by atoms with Crippen LogP contribution in [0, 0.1) is 5.82 Å². The summed E-state index contributed by atoms with van der Waals surface area (Å²) in [5.41, 5.74) is 1.45. The van der Waals surface area contributed by atoms with Gasteiger partial charge in [-0.05, 0) is 54.1 Å². The summed E-state index contributed by atoms with van der Waals surface area (Å²) in [6.07, 6.45) is 1.85. The summed E-state index contributed by atoms with van der Waals surface area (Å²) in [4.78, 5) is 30.8. The Hall–Kier alpha value is -2.99. The van der Waals surface area contributed by atoms with Gasteiger partial charge in [-0.2, -0.15) is 0 Å². The second-order valence-electron chi connectivity index (χ2n) is 7.49. The molecule has 0 radical (unpaired) electrons. The van der Waals surface area contributed by atoms with Crippen LogP contribution in [0.5, 0.6) is 0 Å². The molecule has 1 heterocycles. The lowest BCUT2D eigenvalue weighted by molar-refractivity contribution is -0.133. The number of hydrogen-bond donors (Lipinski definition) is 0. The number of benzene rings is 2. The number of thiophene rings is 1. The summed E-state index contributed by atoms with van der Waals surface area (Å²) in [6.45, 7) is 0.881. The van der Waals surface area contributed by atoms with Crippen molar-refractivity contribution in [2.75, 3.05) is 6.54 Å². The van der Waals surface area contributed by atoms with Crippen molar-refractivity contribution >= 4 is 23.2 Å². The highest BCUT2D eigenvalue weighted by Crippen LogP contribution is 2.28. The van der Waals surface area contributed by atoms with Gasteiger partial charge in [-0.3, -0.25) is 9.59 Å². The van der Waals surface area contributed by atoms with E-state index in [-0.39, 0.29) is 30.2 Å². The van der Waals surface area contributed by atoms with E-state index >= 15 is 0 Å². The zero-order chi connectivity index (χ0) is 20.9. The van der Waals surface area contributed by atoms with Crippen LogP contribution in [-0.2, 0) is 17.9 Å². The maximum atomic E-state index is 13.3. The molecule has 4 rings (SSSR count). The molecule has 1 aliphatic carbocycles. The van der Waals surface area contributed by atoms with E-state index in [9.17, 15) is 14.0 Å². The molecule has 0 aliphatic heterocycles. The summed E-state index contributed by atoms with van der Waals surface area (Å²) < 4.78 is 13.3. The first-order valence-corrected chi connectivity index (χ1v) is 10.9. The van der Waals surface area contributed by atoms with Crippen LogP contribution >= 0.6 is 11.3 Å². The van der Waals surface area contributed by atoms with E-state index in [0.29, 0.717) is 18.7 Å². The van der Waals surface area contributed by atoms with Crippen LogP contribution in [0.1, 0.15) is 33.6 Å². The Labute approximate surface area is 179 Å². The molecule has 0 bridgehead atoms. The van der Waals surface area contributed by atoms with Gasteiger partial charge in [-0.15, -0.1) is 11.3 Å². The Bertz CT molecular complexity index is 986. The lowest BCUT2D eigenvalue weighted by atomic mass is 10.2. The largest absolute Gasteiger partial charge is 0.332 e. The monoisotopic (exact) mass is 422 g/mol. The van der Waals surface area contributed by atoms with Crippen molar-refractivity contribution in [3.05, 3.63) is 93.9 Å². The predicted octanol–water partition coefficient (Wildman–Crippen LogP) is 4.72. The highest BCUT2D eigenvalue weighted by atomic mass is 32.1. The summed E-state index contributed by atoms with van der Waals surface area (Å²) in [5, 5.41) is 1.98. The number of rotatable bonds is 8. The third-order valence-corrected chi connectivity index (χ3v) is 6.00. The number of amides is 2. The lowest BCUT2D eigenvalue weighted by Gasteiger charge is -2.28. The molecule has 30 heavy (non-hydrogen) atoms. The molecule has 0 unspecified atom stereocenters. The topological polar surface area (TPSA) is 40.6 Å². The van der Waals surface area contributed by atoms with Crippen molar-refractivity contribution in [3.8, 4) is 0 Å². The quantitative estimate of drug-likeness (QED) is 0.527. The van der Waals surface area contributed by atoms with Crippen molar-refractivity contribution in [2.45, 2.75) is 32.0 Å². The van der Waals surface area contributed by atoms with Crippen molar-refractivity contribution in [1.82, 2.24) is 9.80 Å². The van der Waals surface area contributed by atoms with Gasteiger partial charge in [0.25, 0.3) is 5.91 Å². The Morgan fingerprint density at radius 3 is 2.30 bits per heavy atom. The van der Waals surface area contributed by atoms with E-state index in [1.807, 2.05) is 35.7 Å². The van der Waals surface area contributed by atoms with Gasteiger partial charge >= 0.3 is 0 Å². The highest BCUT2D eigenvalue weighted by molar-refractivity contribution is 7.09. The summed E-state index contributed by atoms with van der Waals surface area (Å²) >= 11 is 1.59. The summed E-state index contributed by atoms with van der Waals surface area (Å²) in [7, 11) is 0. The normalized spacial score (nSPS) is 13.1. The average Bonchev–Trinajstić information content (AvgIpc) is 3.48. The highest BCUT2D eigenvalue weighted by Gasteiger charge is 2.35. The minimum absolute atomic E-state index is 0.0466. The van der Waals surface area contributed by atoms with Crippen molar-refractivity contribution < 1.29 is 14.0 Å². The molecule has 154 valence electrons. The molecule has 0 spiro atoms. The van der Waals surface area contributed by atoms with Crippen LogP contribution in [0.4, 0.5) is 4.39 Å². The first-order chi connectivity index (χ1) is 14.6. The molecule has 1 aromatic heterocycles. The second kappa shape index (κ2) is 9.22. The molecule has 0 saturated heterocycles. The van der Waals surface area contributed by atoms with Crippen LogP contribution in [0.2, 0.25) is 0 Å². The van der Waals surface area contributed by atoms with E-state index in [2.05, 4.69) is 0 Å². The van der Waals surface area contributed by atoms with E-state index in [4.69, 9.17) is 0 Å². The fourth-order valence-corrected chi connectivity index (χ4v) is 4.10. The van der Waals surface area contributed by atoms with Gasteiger partial charge in [0, 0.05) is 23.0 Å². The molecule has 2 amide bonds. The number of hydrogen-bond acceptors (Lipinski definition) is 3. The number of nitrogens with zero attached hydrogens (tertiary/aromatic N) is 2. The van der Waals surface area contributed by atoms with E-state index in [1.165, 1.54) is 12.1 Å². The number of halogens is 1. The fourth-order valence-electron chi connectivity index (χ4n) is 3.38. The van der Waals surface area contributed by atoms with Gasteiger partial charge < -0.3 is 9.80 Å². The molecular formula is C24H23FN2O2S. The Morgan fingerprint density at radius 2 is 1.67 bits per heavy atom. The van der Waals surface area contributed by atoms with Gasteiger partial charge in [-0.25, -0.2) is 4.39 Å². The smallest absolute Gasteiger partial charge is 0.254 e. The van der Waals surface area contributed by atoms with Gasteiger partial charge in [0.2, 0.25) is 5.91 Å². The lowest BCUT2D eigenvalue weighted by Crippen LogP contribution is -2.43. The van der Waals surface area contributed by atoms with E-state index in [1.54, 1.807) is 45.4 Å². The molecule has 0 atom stereocenters. The van der Waals surface area contributed by atoms with Crippen LogP contribution in [0.15, 0.2) is 72.1 Å². The zero-order valence-corrected chi connectivity index (χ0v) is 17.4. The second-order valence-corrected chi connectivity index (χ2v) is 8.52. The van der Waals surface area contributed by atoms with Crippen molar-refractivity contribution in [1.29, 1.82) is 0 Å². The van der Waals surface area contributed by atoms with Crippen molar-refractivity contribution in [3.63, 3.8) is 0 Å². The molecule has 0 N–H and O–H groups in total. The third-order valence-electron chi connectivity index (χ3n) is 5.14. The van der Waals surface area contributed by atoms with E-state index < -0.39 is 0 Å². The first kappa shape index (κ1) is 20.3. The minimum Gasteiger partial charge on any atom is -0.332 e.